The first-order valence-electron chi connectivity index (χ1n) is 9.91. The first kappa shape index (κ1) is 24.6. The molecule has 1 atom stereocenters. The fourth-order valence-corrected chi connectivity index (χ4v) is 3.90. The van der Waals surface area contributed by atoms with Crippen molar-refractivity contribution in [3.05, 3.63) is 16.1 Å². The molecule has 27 heavy (non-hydrogen) atoms. The number of hydrogen-bond acceptors (Lipinski definition) is 5. The number of guanidine groups is 1. The SMILES string of the molecule is CCNC(=NCC(C(C)C)N1CCOCC1)NCCc1csc(CC)n1.I. The van der Waals surface area contributed by atoms with Crippen molar-refractivity contribution < 1.29 is 4.74 Å². The average Bonchev–Trinajstić information content (AvgIpc) is 3.10. The van der Waals surface area contributed by atoms with Crippen LogP contribution in [-0.4, -0.2) is 67.8 Å². The molecule has 0 aliphatic carbocycles. The largest absolute Gasteiger partial charge is 0.379 e. The van der Waals surface area contributed by atoms with Crippen LogP contribution in [0.15, 0.2) is 10.4 Å². The zero-order valence-electron chi connectivity index (χ0n) is 17.2. The van der Waals surface area contributed by atoms with Crippen LogP contribution < -0.4 is 10.6 Å². The lowest BCUT2D eigenvalue weighted by Crippen LogP contribution is -2.48. The fraction of sp³-hybridized carbons (Fsp3) is 0.789. The smallest absolute Gasteiger partial charge is 0.191 e. The molecule has 0 spiro atoms. The summed E-state index contributed by atoms with van der Waals surface area (Å²) in [5, 5.41) is 10.2. The summed E-state index contributed by atoms with van der Waals surface area (Å²) in [5.74, 6) is 1.47. The topological polar surface area (TPSA) is 61.8 Å². The second kappa shape index (κ2) is 13.7. The van der Waals surface area contributed by atoms with E-state index < -0.39 is 0 Å². The van der Waals surface area contributed by atoms with E-state index in [0.29, 0.717) is 12.0 Å². The van der Waals surface area contributed by atoms with E-state index in [0.717, 1.165) is 64.7 Å². The van der Waals surface area contributed by atoms with Gasteiger partial charge in [0.15, 0.2) is 5.96 Å². The molecule has 1 aliphatic heterocycles. The number of thiazole rings is 1. The number of aliphatic imine (C=N–C) groups is 1. The van der Waals surface area contributed by atoms with Gasteiger partial charge in [-0.1, -0.05) is 20.8 Å². The van der Waals surface area contributed by atoms with Crippen molar-refractivity contribution >= 4 is 41.3 Å². The van der Waals surface area contributed by atoms with Crippen LogP contribution in [0, 0.1) is 5.92 Å². The van der Waals surface area contributed by atoms with Crippen molar-refractivity contribution in [1.82, 2.24) is 20.5 Å². The third-order valence-electron chi connectivity index (χ3n) is 4.64. The molecule has 1 aromatic heterocycles. The van der Waals surface area contributed by atoms with E-state index in [1.165, 1.54) is 10.7 Å². The van der Waals surface area contributed by atoms with Gasteiger partial charge in [0.05, 0.1) is 30.5 Å². The quantitative estimate of drug-likeness (QED) is 0.305. The standard InChI is InChI=1S/C19H35N5OS.HI/c1-5-18-23-16(14-26-18)7-8-21-19(20-6-2)22-13-17(15(3)4)24-9-11-25-12-10-24;/h14-15,17H,5-13H2,1-4H3,(H2,20,21,22);1H. The Morgan fingerprint density at radius 2 is 2.04 bits per heavy atom. The zero-order chi connectivity index (χ0) is 18.8. The Morgan fingerprint density at radius 1 is 1.30 bits per heavy atom. The summed E-state index contributed by atoms with van der Waals surface area (Å²) >= 11 is 1.75. The summed E-state index contributed by atoms with van der Waals surface area (Å²) in [6.45, 7) is 15.0. The maximum absolute atomic E-state index is 5.49. The van der Waals surface area contributed by atoms with Crippen LogP contribution in [0.3, 0.4) is 0 Å². The number of ether oxygens (including phenoxy) is 1. The van der Waals surface area contributed by atoms with Crippen LogP contribution >= 0.6 is 35.3 Å². The molecule has 0 saturated carbocycles. The van der Waals surface area contributed by atoms with Crippen molar-refractivity contribution in [3.8, 4) is 0 Å². The van der Waals surface area contributed by atoms with Gasteiger partial charge < -0.3 is 15.4 Å². The van der Waals surface area contributed by atoms with Crippen molar-refractivity contribution in [2.45, 2.75) is 46.6 Å². The molecule has 1 fully saturated rings. The Labute approximate surface area is 185 Å². The predicted octanol–water partition coefficient (Wildman–Crippen LogP) is 2.78. The molecule has 8 heteroatoms. The number of aryl methyl sites for hydroxylation is 1. The van der Waals surface area contributed by atoms with Crippen molar-refractivity contribution in [3.63, 3.8) is 0 Å². The molecule has 0 aromatic carbocycles. The second-order valence-corrected chi connectivity index (χ2v) is 7.88. The minimum Gasteiger partial charge on any atom is -0.379 e. The van der Waals surface area contributed by atoms with Crippen molar-refractivity contribution in [2.75, 3.05) is 45.9 Å². The van der Waals surface area contributed by atoms with E-state index in [4.69, 9.17) is 9.73 Å². The highest BCUT2D eigenvalue weighted by atomic mass is 127. The van der Waals surface area contributed by atoms with Gasteiger partial charge in [-0.05, 0) is 19.3 Å². The van der Waals surface area contributed by atoms with E-state index in [-0.39, 0.29) is 24.0 Å². The predicted molar refractivity (Wildman–Crippen MR) is 126 cm³/mol. The maximum atomic E-state index is 5.49. The highest BCUT2D eigenvalue weighted by molar-refractivity contribution is 14.0. The summed E-state index contributed by atoms with van der Waals surface area (Å²) in [6, 6.07) is 0.458. The lowest BCUT2D eigenvalue weighted by Gasteiger charge is -2.36. The molecule has 2 rings (SSSR count). The zero-order valence-corrected chi connectivity index (χ0v) is 20.3. The third-order valence-corrected chi connectivity index (χ3v) is 5.68. The molecule has 1 unspecified atom stereocenters. The maximum Gasteiger partial charge on any atom is 0.191 e. The van der Waals surface area contributed by atoms with Crippen molar-refractivity contribution in [1.29, 1.82) is 0 Å². The van der Waals surface area contributed by atoms with Gasteiger partial charge in [0.25, 0.3) is 0 Å². The van der Waals surface area contributed by atoms with E-state index in [2.05, 4.69) is 53.6 Å². The molecule has 1 aliphatic rings. The van der Waals surface area contributed by atoms with Gasteiger partial charge in [-0.15, -0.1) is 35.3 Å². The van der Waals surface area contributed by atoms with Crippen molar-refractivity contribution in [2.24, 2.45) is 10.9 Å². The Balaban J connectivity index is 0.00000364. The third kappa shape index (κ3) is 8.62. The molecule has 0 amide bonds. The van der Waals surface area contributed by atoms with Crippen LogP contribution in [0.5, 0.6) is 0 Å². The summed E-state index contributed by atoms with van der Waals surface area (Å²) in [5.41, 5.74) is 1.17. The number of hydrogen-bond donors (Lipinski definition) is 2. The minimum absolute atomic E-state index is 0. The first-order chi connectivity index (χ1) is 12.6. The minimum atomic E-state index is 0. The number of aromatic nitrogens is 1. The van der Waals surface area contributed by atoms with Gasteiger partial charge in [-0.2, -0.15) is 0 Å². The van der Waals surface area contributed by atoms with Crippen LogP contribution in [-0.2, 0) is 17.6 Å². The van der Waals surface area contributed by atoms with E-state index in [1.807, 2.05) is 0 Å². The Morgan fingerprint density at radius 3 is 2.63 bits per heavy atom. The lowest BCUT2D eigenvalue weighted by atomic mass is 10.0. The summed E-state index contributed by atoms with van der Waals surface area (Å²) < 4.78 is 5.49. The molecule has 0 bridgehead atoms. The van der Waals surface area contributed by atoms with Gasteiger partial charge >= 0.3 is 0 Å². The molecule has 0 radical (unpaired) electrons. The molecule has 2 N–H and O–H groups in total. The Hall–Kier alpha value is -0.450. The Kier molecular flexibility index (Phi) is 12.5. The molecule has 156 valence electrons. The number of halogens is 1. The first-order valence-corrected chi connectivity index (χ1v) is 10.8. The molecule has 1 saturated heterocycles. The average molecular weight is 510 g/mol. The molecule has 2 heterocycles. The Bertz CT molecular complexity index is 546. The van der Waals surface area contributed by atoms with Crippen LogP contribution in [0.25, 0.3) is 0 Å². The van der Waals surface area contributed by atoms with Gasteiger partial charge in [0.2, 0.25) is 0 Å². The highest BCUT2D eigenvalue weighted by Gasteiger charge is 2.23. The van der Waals surface area contributed by atoms with Gasteiger partial charge in [0, 0.05) is 44.0 Å². The molecule has 6 nitrogen and oxygen atoms in total. The van der Waals surface area contributed by atoms with Gasteiger partial charge in [-0.3, -0.25) is 9.89 Å². The van der Waals surface area contributed by atoms with E-state index >= 15 is 0 Å². The fourth-order valence-electron chi connectivity index (χ4n) is 3.12. The molecular formula is C19H36IN5OS. The monoisotopic (exact) mass is 509 g/mol. The number of nitrogens with zero attached hydrogens (tertiary/aromatic N) is 3. The highest BCUT2D eigenvalue weighted by Crippen LogP contribution is 2.13. The summed E-state index contributed by atoms with van der Waals surface area (Å²) in [7, 11) is 0. The molecule has 1 aromatic rings. The van der Waals surface area contributed by atoms with Gasteiger partial charge in [0.1, 0.15) is 0 Å². The van der Waals surface area contributed by atoms with E-state index in [9.17, 15) is 0 Å². The van der Waals surface area contributed by atoms with Crippen LogP contribution in [0.4, 0.5) is 0 Å². The number of rotatable bonds is 9. The van der Waals surface area contributed by atoms with Crippen LogP contribution in [0.2, 0.25) is 0 Å². The summed E-state index contributed by atoms with van der Waals surface area (Å²) in [4.78, 5) is 12.0. The normalized spacial score (nSPS) is 16.9. The van der Waals surface area contributed by atoms with E-state index in [1.54, 1.807) is 11.3 Å². The summed E-state index contributed by atoms with van der Waals surface area (Å²) in [6.07, 6.45) is 1.94. The van der Waals surface area contributed by atoms with Crippen LogP contribution in [0.1, 0.15) is 38.4 Å². The number of nitrogens with one attached hydrogen (secondary N) is 2. The second-order valence-electron chi connectivity index (χ2n) is 6.94. The molecular weight excluding hydrogens is 473 g/mol. The lowest BCUT2D eigenvalue weighted by molar-refractivity contribution is 0.00867. The number of morpholine rings is 1. The van der Waals surface area contributed by atoms with Gasteiger partial charge in [-0.25, -0.2) is 4.98 Å².